The fraction of sp³-hybridized carbons (Fsp3) is 0.583. The van der Waals surface area contributed by atoms with Crippen LogP contribution >= 0.6 is 11.3 Å². The summed E-state index contributed by atoms with van der Waals surface area (Å²) in [6, 6.07) is 1.99. The maximum absolute atomic E-state index is 12.1. The number of rotatable bonds is 2. The standard InChI is InChI=1S/C12H17NO2S/c1-3-9-6-11(16-8(9)2)12(15)13-5-4-10(14)7-13/h6,10,14H,3-5,7H2,1-2H3/t10-/m0/s1. The van der Waals surface area contributed by atoms with Crippen LogP contribution in [0, 0.1) is 6.92 Å². The Morgan fingerprint density at radius 2 is 2.44 bits per heavy atom. The summed E-state index contributed by atoms with van der Waals surface area (Å²) in [5.41, 5.74) is 1.26. The quantitative estimate of drug-likeness (QED) is 0.855. The number of thiophene rings is 1. The SMILES string of the molecule is CCc1cc(C(=O)N2CC[C@H](O)C2)sc1C. The Balaban J connectivity index is 2.14. The van der Waals surface area contributed by atoms with Gasteiger partial charge in [-0.1, -0.05) is 6.92 Å². The van der Waals surface area contributed by atoms with E-state index in [2.05, 4.69) is 13.8 Å². The van der Waals surface area contributed by atoms with Gasteiger partial charge in [0.25, 0.3) is 5.91 Å². The van der Waals surface area contributed by atoms with Crippen molar-refractivity contribution >= 4 is 17.2 Å². The van der Waals surface area contributed by atoms with Crippen LogP contribution in [0.2, 0.25) is 0 Å². The summed E-state index contributed by atoms with van der Waals surface area (Å²) in [6.45, 7) is 5.32. The first kappa shape index (κ1) is 11.6. The molecule has 1 N–H and O–H groups in total. The number of β-amino-alcohol motifs (C(OH)–C–C–N with tert-alkyl or cyclic N) is 1. The Kier molecular flexibility index (Phi) is 3.30. The van der Waals surface area contributed by atoms with E-state index in [1.807, 2.05) is 6.07 Å². The second-order valence-electron chi connectivity index (χ2n) is 4.24. The molecule has 1 aromatic rings. The molecule has 0 aliphatic carbocycles. The monoisotopic (exact) mass is 239 g/mol. The van der Waals surface area contributed by atoms with E-state index >= 15 is 0 Å². The molecule has 1 aromatic heterocycles. The first-order valence-electron chi connectivity index (χ1n) is 5.68. The van der Waals surface area contributed by atoms with Crippen LogP contribution in [0.15, 0.2) is 6.07 Å². The minimum Gasteiger partial charge on any atom is -0.391 e. The van der Waals surface area contributed by atoms with E-state index in [4.69, 9.17) is 0 Å². The summed E-state index contributed by atoms with van der Waals surface area (Å²) in [7, 11) is 0. The topological polar surface area (TPSA) is 40.5 Å². The summed E-state index contributed by atoms with van der Waals surface area (Å²) in [4.78, 5) is 15.9. The maximum Gasteiger partial charge on any atom is 0.264 e. The molecule has 0 radical (unpaired) electrons. The van der Waals surface area contributed by atoms with Crippen LogP contribution in [0.5, 0.6) is 0 Å². The summed E-state index contributed by atoms with van der Waals surface area (Å²) in [5.74, 6) is 0.0735. The summed E-state index contributed by atoms with van der Waals surface area (Å²) < 4.78 is 0. The molecule has 1 atom stereocenters. The number of likely N-dealkylation sites (tertiary alicyclic amines) is 1. The van der Waals surface area contributed by atoms with Crippen molar-refractivity contribution in [3.8, 4) is 0 Å². The molecule has 0 bridgehead atoms. The van der Waals surface area contributed by atoms with Crippen LogP contribution in [0.3, 0.4) is 0 Å². The van der Waals surface area contributed by atoms with Gasteiger partial charge in [-0.2, -0.15) is 0 Å². The number of carbonyl (C=O) groups excluding carboxylic acids is 1. The number of nitrogens with zero attached hydrogens (tertiary/aromatic N) is 1. The van der Waals surface area contributed by atoms with Crippen molar-refractivity contribution in [2.45, 2.75) is 32.8 Å². The van der Waals surface area contributed by atoms with Crippen molar-refractivity contribution in [1.82, 2.24) is 4.90 Å². The van der Waals surface area contributed by atoms with Crippen LogP contribution in [0.25, 0.3) is 0 Å². The van der Waals surface area contributed by atoms with Gasteiger partial charge in [-0.3, -0.25) is 4.79 Å². The summed E-state index contributed by atoms with van der Waals surface area (Å²) in [6.07, 6.45) is 1.34. The molecule has 2 heterocycles. The number of hydrogen-bond donors (Lipinski definition) is 1. The van der Waals surface area contributed by atoms with E-state index in [9.17, 15) is 9.90 Å². The number of hydrogen-bond acceptors (Lipinski definition) is 3. The van der Waals surface area contributed by atoms with Crippen LogP contribution < -0.4 is 0 Å². The van der Waals surface area contributed by atoms with Gasteiger partial charge in [-0.25, -0.2) is 0 Å². The van der Waals surface area contributed by atoms with Crippen LogP contribution in [-0.2, 0) is 6.42 Å². The fourth-order valence-electron chi connectivity index (χ4n) is 2.06. The number of aryl methyl sites for hydroxylation is 2. The van der Waals surface area contributed by atoms with Crippen molar-refractivity contribution in [2.75, 3.05) is 13.1 Å². The van der Waals surface area contributed by atoms with Crippen molar-refractivity contribution in [1.29, 1.82) is 0 Å². The van der Waals surface area contributed by atoms with Crippen LogP contribution in [0.4, 0.5) is 0 Å². The van der Waals surface area contributed by atoms with Gasteiger partial charge >= 0.3 is 0 Å². The van der Waals surface area contributed by atoms with Gasteiger partial charge in [-0.05, 0) is 31.4 Å². The fourth-order valence-corrected chi connectivity index (χ4v) is 3.14. The van der Waals surface area contributed by atoms with Gasteiger partial charge in [0.15, 0.2) is 0 Å². The molecule has 0 saturated carbocycles. The predicted molar refractivity (Wildman–Crippen MR) is 65.0 cm³/mol. The van der Waals surface area contributed by atoms with Gasteiger partial charge in [0.05, 0.1) is 11.0 Å². The Morgan fingerprint density at radius 1 is 1.69 bits per heavy atom. The first-order valence-corrected chi connectivity index (χ1v) is 6.50. The molecule has 16 heavy (non-hydrogen) atoms. The lowest BCUT2D eigenvalue weighted by Crippen LogP contribution is -2.28. The Hall–Kier alpha value is -0.870. The zero-order valence-corrected chi connectivity index (χ0v) is 10.5. The third kappa shape index (κ3) is 2.13. The van der Waals surface area contributed by atoms with Gasteiger partial charge in [-0.15, -0.1) is 11.3 Å². The van der Waals surface area contributed by atoms with Gasteiger partial charge < -0.3 is 10.0 Å². The third-order valence-corrected chi connectivity index (χ3v) is 4.14. The van der Waals surface area contributed by atoms with E-state index in [1.165, 1.54) is 10.4 Å². The highest BCUT2D eigenvalue weighted by atomic mass is 32.1. The summed E-state index contributed by atoms with van der Waals surface area (Å²) in [5, 5.41) is 9.41. The zero-order valence-electron chi connectivity index (χ0n) is 9.69. The van der Waals surface area contributed by atoms with Gasteiger partial charge in [0, 0.05) is 18.0 Å². The lowest BCUT2D eigenvalue weighted by Gasteiger charge is -2.13. The number of aliphatic hydroxyl groups excluding tert-OH is 1. The zero-order chi connectivity index (χ0) is 11.7. The minimum atomic E-state index is -0.337. The van der Waals surface area contributed by atoms with Crippen molar-refractivity contribution < 1.29 is 9.90 Å². The maximum atomic E-state index is 12.1. The Labute approximate surface area is 99.7 Å². The van der Waals surface area contributed by atoms with Crippen LogP contribution in [0.1, 0.15) is 33.5 Å². The molecule has 2 rings (SSSR count). The first-order chi connectivity index (χ1) is 7.61. The molecule has 88 valence electrons. The second kappa shape index (κ2) is 4.55. The molecule has 0 unspecified atom stereocenters. The highest BCUT2D eigenvalue weighted by Gasteiger charge is 2.26. The highest BCUT2D eigenvalue weighted by Crippen LogP contribution is 2.24. The molecule has 1 amide bonds. The average molecular weight is 239 g/mol. The number of carbonyl (C=O) groups is 1. The minimum absolute atomic E-state index is 0.0735. The van der Waals surface area contributed by atoms with Crippen molar-refractivity contribution in [3.05, 3.63) is 21.4 Å². The predicted octanol–water partition coefficient (Wildman–Crippen LogP) is 1.83. The Morgan fingerprint density at radius 3 is 2.94 bits per heavy atom. The van der Waals surface area contributed by atoms with E-state index in [1.54, 1.807) is 16.2 Å². The van der Waals surface area contributed by atoms with Crippen molar-refractivity contribution in [3.63, 3.8) is 0 Å². The summed E-state index contributed by atoms with van der Waals surface area (Å²) >= 11 is 1.56. The molecule has 3 nitrogen and oxygen atoms in total. The van der Waals surface area contributed by atoms with E-state index in [-0.39, 0.29) is 12.0 Å². The lowest BCUT2D eigenvalue weighted by atomic mass is 10.2. The number of amides is 1. The molecular formula is C12H17NO2S. The third-order valence-electron chi connectivity index (χ3n) is 3.06. The average Bonchev–Trinajstić information content (AvgIpc) is 2.83. The Bertz CT molecular complexity index is 400. The molecule has 1 aliphatic heterocycles. The molecule has 1 saturated heterocycles. The molecule has 1 aliphatic rings. The van der Waals surface area contributed by atoms with Crippen molar-refractivity contribution in [2.24, 2.45) is 0 Å². The smallest absolute Gasteiger partial charge is 0.264 e. The molecular weight excluding hydrogens is 222 g/mol. The molecule has 4 heteroatoms. The second-order valence-corrected chi connectivity index (χ2v) is 5.50. The molecule has 0 aromatic carbocycles. The van der Waals surface area contributed by atoms with Gasteiger partial charge in [0.2, 0.25) is 0 Å². The van der Waals surface area contributed by atoms with E-state index in [0.29, 0.717) is 19.5 Å². The normalized spacial score (nSPS) is 20.4. The van der Waals surface area contributed by atoms with E-state index in [0.717, 1.165) is 11.3 Å². The largest absolute Gasteiger partial charge is 0.391 e. The number of aliphatic hydroxyl groups is 1. The van der Waals surface area contributed by atoms with Crippen LogP contribution in [-0.4, -0.2) is 35.1 Å². The van der Waals surface area contributed by atoms with E-state index < -0.39 is 0 Å². The molecule has 0 spiro atoms. The lowest BCUT2D eigenvalue weighted by molar-refractivity contribution is 0.0769. The van der Waals surface area contributed by atoms with Gasteiger partial charge in [0.1, 0.15) is 0 Å². The highest BCUT2D eigenvalue weighted by molar-refractivity contribution is 7.14. The molecule has 1 fully saturated rings.